The number of hydrogen-bond acceptors (Lipinski definition) is 8. The summed E-state index contributed by atoms with van der Waals surface area (Å²) in [6.07, 6.45) is 0.313. The summed E-state index contributed by atoms with van der Waals surface area (Å²) in [4.78, 5) is 16.5. The summed E-state index contributed by atoms with van der Waals surface area (Å²) in [6.45, 7) is 5.11. The number of aliphatic hydroxyl groups excluding tert-OH is 3. The van der Waals surface area contributed by atoms with Crippen LogP contribution in [0.5, 0.6) is 0 Å². The molecule has 1 heterocycles. The maximum atomic E-state index is 14.5. The fourth-order valence-electron chi connectivity index (χ4n) is 8.22. The van der Waals surface area contributed by atoms with Crippen molar-refractivity contribution in [3.63, 3.8) is 0 Å². The highest BCUT2D eigenvalue weighted by atomic mass is 35.5. The molecule has 4 N–H and O–H groups in total. The smallest absolute Gasteiger partial charge is 0.416 e. The number of furan rings is 1. The van der Waals surface area contributed by atoms with E-state index < -0.39 is 47.4 Å². The van der Waals surface area contributed by atoms with Crippen LogP contribution < -0.4 is 0 Å². The third-order valence-corrected chi connectivity index (χ3v) is 11.6. The Hall–Kier alpha value is -3.03. The van der Waals surface area contributed by atoms with E-state index in [4.69, 9.17) is 20.8 Å². The number of aliphatic hydroxyl groups is 4. The second kappa shape index (κ2) is 17.2. The van der Waals surface area contributed by atoms with Gasteiger partial charge in [-0.15, -0.1) is 0 Å². The molecule has 1 aromatic heterocycles. The van der Waals surface area contributed by atoms with Crippen LogP contribution in [-0.4, -0.2) is 88.9 Å². The number of alkyl halides is 3. The zero-order chi connectivity index (χ0) is 38.6. The summed E-state index contributed by atoms with van der Waals surface area (Å²) in [5.41, 5.74) is 0.0415. The molecular formula is C41H51ClF3NO7. The standard InChI is InChI=1S/C41H51ClF3NO7/c1-26-6-4-16-39(2)34(15-17-40(39,51)25-46(18-5-19-52-3)23-30(49)24-47)31-11-8-27(20-29(48)10-7-26)21-32(31)38(50)37-14-13-36(53-37)33-22-28(41(43,44)45)9-12-35(33)42/h6,8-9,11-14,21-22,29-30,34,47-49,51H,4-5,7,10,15-20,23-25H2,1-3H3. The Labute approximate surface area is 314 Å². The lowest BCUT2D eigenvalue weighted by Crippen LogP contribution is -2.54. The van der Waals surface area contributed by atoms with Gasteiger partial charge < -0.3 is 29.6 Å². The van der Waals surface area contributed by atoms with Crippen molar-refractivity contribution in [1.82, 2.24) is 4.90 Å². The van der Waals surface area contributed by atoms with Crippen LogP contribution in [0.3, 0.4) is 0 Å². The highest BCUT2D eigenvalue weighted by molar-refractivity contribution is 6.33. The van der Waals surface area contributed by atoms with E-state index in [-0.39, 0.29) is 41.1 Å². The quantitative estimate of drug-likeness (QED) is 0.0847. The number of benzene rings is 2. The molecule has 3 aromatic rings. The lowest BCUT2D eigenvalue weighted by Gasteiger charge is -2.46. The molecule has 3 aliphatic rings. The minimum absolute atomic E-state index is 0.00486. The molecule has 0 radical (unpaired) electrons. The molecule has 8 nitrogen and oxygen atoms in total. The van der Waals surface area contributed by atoms with Crippen LogP contribution in [0.2, 0.25) is 5.02 Å². The molecular weight excluding hydrogens is 711 g/mol. The number of methoxy groups -OCH3 is 1. The number of rotatable bonds is 12. The molecule has 1 fully saturated rings. The Morgan fingerprint density at radius 2 is 1.91 bits per heavy atom. The molecule has 0 spiro atoms. The van der Waals surface area contributed by atoms with Crippen LogP contribution in [0.25, 0.3) is 11.3 Å². The third kappa shape index (κ3) is 9.44. The van der Waals surface area contributed by atoms with Crippen molar-refractivity contribution in [1.29, 1.82) is 0 Å². The zero-order valence-corrected chi connectivity index (χ0v) is 31.3. The Bertz CT molecular complexity index is 1760. The molecule has 0 amide bonds. The van der Waals surface area contributed by atoms with Crippen molar-refractivity contribution in [3.8, 4) is 11.3 Å². The molecule has 0 saturated heterocycles. The first-order valence-electron chi connectivity index (χ1n) is 18.3. The Kier molecular flexibility index (Phi) is 13.3. The van der Waals surface area contributed by atoms with Crippen molar-refractivity contribution in [2.75, 3.05) is 40.0 Å². The molecule has 0 aliphatic heterocycles. The van der Waals surface area contributed by atoms with Crippen LogP contribution in [0, 0.1) is 5.41 Å². The monoisotopic (exact) mass is 761 g/mol. The first-order valence-corrected chi connectivity index (χ1v) is 18.7. The van der Waals surface area contributed by atoms with Crippen LogP contribution in [-0.2, 0) is 17.3 Å². The van der Waals surface area contributed by atoms with Crippen LogP contribution in [0.1, 0.15) is 97.5 Å². The molecule has 12 heteroatoms. The van der Waals surface area contributed by atoms with Crippen molar-refractivity contribution in [3.05, 3.63) is 93.2 Å². The van der Waals surface area contributed by atoms with E-state index in [2.05, 4.69) is 13.0 Å². The highest BCUT2D eigenvalue weighted by Gasteiger charge is 2.57. The maximum absolute atomic E-state index is 14.5. The largest absolute Gasteiger partial charge is 0.453 e. The Morgan fingerprint density at radius 1 is 1.13 bits per heavy atom. The Balaban J connectivity index is 1.57. The van der Waals surface area contributed by atoms with Gasteiger partial charge in [0.1, 0.15) is 5.76 Å². The molecule has 2 bridgehead atoms. The lowest BCUT2D eigenvalue weighted by molar-refractivity contribution is -0.137. The molecule has 5 unspecified atom stereocenters. The predicted octanol–water partition coefficient (Wildman–Crippen LogP) is 7.58. The van der Waals surface area contributed by atoms with Crippen molar-refractivity contribution in [2.24, 2.45) is 5.41 Å². The number of halogens is 4. The van der Waals surface area contributed by atoms with E-state index in [9.17, 15) is 38.4 Å². The number of ketones is 1. The minimum Gasteiger partial charge on any atom is -0.453 e. The number of allylic oxidation sites excluding steroid dienone is 2. The molecule has 5 atom stereocenters. The van der Waals surface area contributed by atoms with E-state index >= 15 is 0 Å². The Morgan fingerprint density at radius 3 is 2.62 bits per heavy atom. The molecule has 3 aliphatic carbocycles. The lowest BCUT2D eigenvalue weighted by atomic mass is 9.64. The number of carbonyl (C=O) groups is 1. The second-order valence-corrected chi connectivity index (χ2v) is 15.5. The van der Waals surface area contributed by atoms with Gasteiger partial charge in [0.2, 0.25) is 5.78 Å². The molecule has 53 heavy (non-hydrogen) atoms. The summed E-state index contributed by atoms with van der Waals surface area (Å²) in [7, 11) is 1.61. The van der Waals surface area contributed by atoms with E-state index in [1.165, 1.54) is 12.1 Å². The number of carbonyl (C=O) groups excluding carboxylic acids is 1. The van der Waals surface area contributed by atoms with E-state index in [1.54, 1.807) is 13.2 Å². The van der Waals surface area contributed by atoms with E-state index in [1.807, 2.05) is 24.0 Å². The first-order chi connectivity index (χ1) is 25.1. The first kappa shape index (κ1) is 41.1. The van der Waals surface area contributed by atoms with Gasteiger partial charge in [0, 0.05) is 49.9 Å². The molecule has 290 valence electrons. The highest BCUT2D eigenvalue weighted by Crippen LogP contribution is 2.59. The minimum atomic E-state index is -4.60. The van der Waals surface area contributed by atoms with Gasteiger partial charge in [-0.2, -0.15) is 13.2 Å². The van der Waals surface area contributed by atoms with E-state index in [0.717, 1.165) is 29.3 Å². The maximum Gasteiger partial charge on any atom is 0.416 e. The van der Waals surface area contributed by atoms with Crippen molar-refractivity contribution < 1.29 is 47.5 Å². The molecule has 1 saturated carbocycles. The van der Waals surface area contributed by atoms with Gasteiger partial charge in [0.05, 0.1) is 35.0 Å². The van der Waals surface area contributed by atoms with Gasteiger partial charge in [-0.3, -0.25) is 9.69 Å². The van der Waals surface area contributed by atoms with Crippen LogP contribution in [0.15, 0.2) is 64.6 Å². The normalized spacial score (nSPS) is 24.6. The summed E-state index contributed by atoms with van der Waals surface area (Å²) >= 11 is 6.30. The predicted molar refractivity (Wildman–Crippen MR) is 197 cm³/mol. The average molecular weight is 762 g/mol. The molecule has 2 aromatic carbocycles. The SMILES string of the molecule is COCCCN(CC(O)CO)CC1(O)CCC2c3ccc(cc3C(=O)c3ccc(-c4cc(C(F)(F)F)ccc4Cl)o3)CC(O)CCC(C)=CCCC21C. The average Bonchev–Trinajstić information content (AvgIpc) is 3.69. The van der Waals surface area contributed by atoms with Gasteiger partial charge in [0.25, 0.3) is 0 Å². The number of nitrogens with zero attached hydrogens (tertiary/aromatic N) is 1. The fraction of sp³-hybridized carbons (Fsp3) is 0.537. The van der Waals surface area contributed by atoms with Crippen LogP contribution in [0.4, 0.5) is 13.2 Å². The summed E-state index contributed by atoms with van der Waals surface area (Å²) in [5.74, 6) is -0.832. The van der Waals surface area contributed by atoms with Gasteiger partial charge in [-0.1, -0.05) is 42.3 Å². The van der Waals surface area contributed by atoms with Gasteiger partial charge in [-0.05, 0) is 112 Å². The van der Waals surface area contributed by atoms with Crippen LogP contribution >= 0.6 is 11.6 Å². The third-order valence-electron chi connectivity index (χ3n) is 11.3. The summed E-state index contributed by atoms with van der Waals surface area (Å²) in [5, 5.41) is 43.8. The number of ether oxygens (including phenoxy) is 1. The van der Waals surface area contributed by atoms with Gasteiger partial charge in [0.15, 0.2) is 5.76 Å². The van der Waals surface area contributed by atoms with Gasteiger partial charge >= 0.3 is 6.18 Å². The second-order valence-electron chi connectivity index (χ2n) is 15.1. The van der Waals surface area contributed by atoms with Crippen molar-refractivity contribution >= 4 is 17.4 Å². The summed E-state index contributed by atoms with van der Waals surface area (Å²) < 4.78 is 51.9. The number of hydrogen-bond donors (Lipinski definition) is 4. The summed E-state index contributed by atoms with van der Waals surface area (Å²) in [6, 6.07) is 11.4. The topological polar surface area (TPSA) is 124 Å². The van der Waals surface area contributed by atoms with Gasteiger partial charge in [-0.25, -0.2) is 0 Å². The van der Waals surface area contributed by atoms with E-state index in [0.29, 0.717) is 75.6 Å². The molecule has 6 rings (SSSR count). The zero-order valence-electron chi connectivity index (χ0n) is 30.6. The van der Waals surface area contributed by atoms with Crippen molar-refractivity contribution in [2.45, 2.75) is 95.1 Å². The fourth-order valence-corrected chi connectivity index (χ4v) is 8.43. The number of fused-ring (bicyclic) bond motifs is 8.